The van der Waals surface area contributed by atoms with E-state index < -0.39 is 0 Å². The Kier molecular flexibility index (Phi) is 6.19. The van der Waals surface area contributed by atoms with Crippen LogP contribution in [0.2, 0.25) is 5.02 Å². The predicted octanol–water partition coefficient (Wildman–Crippen LogP) is 4.51. The average Bonchev–Trinajstić information content (AvgIpc) is 2.67. The molecule has 1 atom stereocenters. The molecule has 0 aromatic heterocycles. The second-order valence-corrected chi connectivity index (χ2v) is 5.71. The number of hydrogen-bond acceptors (Lipinski definition) is 3. The largest absolute Gasteiger partial charge is 0.490 e. The van der Waals surface area contributed by atoms with Gasteiger partial charge in [0.25, 0.3) is 0 Å². The van der Waals surface area contributed by atoms with Crippen molar-refractivity contribution in [2.75, 3.05) is 19.8 Å². The number of benzene rings is 1. The zero-order valence-electron chi connectivity index (χ0n) is 13.3. The molecular formula is C17H26ClNO2. The number of fused-ring (bicyclic) bond motifs is 1. The van der Waals surface area contributed by atoms with Gasteiger partial charge in [0, 0.05) is 22.7 Å². The van der Waals surface area contributed by atoms with Gasteiger partial charge in [-0.15, -0.1) is 0 Å². The van der Waals surface area contributed by atoms with E-state index in [2.05, 4.69) is 12.2 Å². The standard InChI is InChI=1S/C17H26ClNO2/c1-4-19-14-10-8-7-9-12-13(18)11-15(20-5-2)17(16(12)14)21-6-3/h11,14,19H,4-10H2,1-3H3. The Bertz CT molecular complexity index is 476. The molecule has 1 unspecified atom stereocenters. The molecule has 0 saturated heterocycles. The van der Waals surface area contributed by atoms with Gasteiger partial charge in [0.1, 0.15) is 0 Å². The summed E-state index contributed by atoms with van der Waals surface area (Å²) in [4.78, 5) is 0. The van der Waals surface area contributed by atoms with E-state index in [1.165, 1.54) is 24.0 Å². The Morgan fingerprint density at radius 3 is 2.62 bits per heavy atom. The van der Waals surface area contributed by atoms with Gasteiger partial charge in [0.15, 0.2) is 11.5 Å². The fourth-order valence-corrected chi connectivity index (χ4v) is 3.39. The minimum atomic E-state index is 0.298. The van der Waals surface area contributed by atoms with Crippen LogP contribution in [0.15, 0.2) is 6.07 Å². The molecule has 1 aliphatic carbocycles. The maximum absolute atomic E-state index is 6.53. The number of ether oxygens (including phenoxy) is 2. The van der Waals surface area contributed by atoms with E-state index in [0.717, 1.165) is 35.9 Å². The highest BCUT2D eigenvalue weighted by Gasteiger charge is 2.27. The summed E-state index contributed by atoms with van der Waals surface area (Å²) >= 11 is 6.53. The molecular weight excluding hydrogens is 286 g/mol. The molecule has 0 bridgehead atoms. The average molecular weight is 312 g/mol. The topological polar surface area (TPSA) is 30.5 Å². The van der Waals surface area contributed by atoms with Crippen molar-refractivity contribution < 1.29 is 9.47 Å². The van der Waals surface area contributed by atoms with Crippen LogP contribution in [0.5, 0.6) is 11.5 Å². The highest BCUT2D eigenvalue weighted by atomic mass is 35.5. The molecule has 1 aromatic carbocycles. The van der Waals surface area contributed by atoms with E-state index in [0.29, 0.717) is 19.3 Å². The molecule has 0 fully saturated rings. The Morgan fingerprint density at radius 2 is 1.95 bits per heavy atom. The van der Waals surface area contributed by atoms with Gasteiger partial charge >= 0.3 is 0 Å². The summed E-state index contributed by atoms with van der Waals surface area (Å²) in [6, 6.07) is 2.22. The first-order valence-electron chi connectivity index (χ1n) is 8.07. The Labute approximate surface area is 133 Å². The molecule has 21 heavy (non-hydrogen) atoms. The summed E-state index contributed by atoms with van der Waals surface area (Å²) in [5.41, 5.74) is 2.44. The minimum absolute atomic E-state index is 0.298. The van der Waals surface area contributed by atoms with Crippen LogP contribution < -0.4 is 14.8 Å². The summed E-state index contributed by atoms with van der Waals surface area (Å²) in [6.45, 7) is 8.31. The van der Waals surface area contributed by atoms with Crippen molar-refractivity contribution in [3.63, 3.8) is 0 Å². The van der Waals surface area contributed by atoms with Crippen molar-refractivity contribution >= 4 is 11.6 Å². The van der Waals surface area contributed by atoms with Gasteiger partial charge in [-0.1, -0.05) is 24.9 Å². The smallest absolute Gasteiger partial charge is 0.166 e. The van der Waals surface area contributed by atoms with Crippen molar-refractivity contribution in [2.45, 2.75) is 52.5 Å². The van der Waals surface area contributed by atoms with Crippen molar-refractivity contribution in [3.05, 3.63) is 22.2 Å². The Morgan fingerprint density at radius 1 is 1.19 bits per heavy atom. The van der Waals surface area contributed by atoms with Crippen LogP contribution in [0.4, 0.5) is 0 Å². The Balaban J connectivity index is 2.57. The zero-order valence-corrected chi connectivity index (χ0v) is 14.1. The van der Waals surface area contributed by atoms with Gasteiger partial charge in [-0.05, 0) is 45.2 Å². The molecule has 0 radical (unpaired) electrons. The first-order chi connectivity index (χ1) is 10.2. The summed E-state index contributed by atoms with van der Waals surface area (Å²) in [7, 11) is 0. The lowest BCUT2D eigenvalue weighted by Gasteiger charge is -2.24. The maximum Gasteiger partial charge on any atom is 0.166 e. The van der Waals surface area contributed by atoms with Crippen molar-refractivity contribution in [1.82, 2.24) is 5.32 Å². The van der Waals surface area contributed by atoms with Crippen LogP contribution in [0.1, 0.15) is 57.2 Å². The fourth-order valence-electron chi connectivity index (χ4n) is 3.09. The van der Waals surface area contributed by atoms with Gasteiger partial charge in [-0.3, -0.25) is 0 Å². The molecule has 2 rings (SSSR count). The normalized spacial score (nSPS) is 18.0. The first kappa shape index (κ1) is 16.4. The monoisotopic (exact) mass is 311 g/mol. The van der Waals surface area contributed by atoms with Crippen molar-refractivity contribution in [3.8, 4) is 11.5 Å². The van der Waals surface area contributed by atoms with E-state index in [9.17, 15) is 0 Å². The van der Waals surface area contributed by atoms with Crippen LogP contribution in [-0.2, 0) is 6.42 Å². The summed E-state index contributed by atoms with van der Waals surface area (Å²) in [6.07, 6.45) is 4.52. The van der Waals surface area contributed by atoms with E-state index in [-0.39, 0.29) is 0 Å². The van der Waals surface area contributed by atoms with Crippen LogP contribution in [-0.4, -0.2) is 19.8 Å². The SMILES string of the molecule is CCNC1CCCCc2c(Cl)cc(OCC)c(OCC)c21. The van der Waals surface area contributed by atoms with Crippen LogP contribution in [0, 0.1) is 0 Å². The molecule has 1 aromatic rings. The van der Waals surface area contributed by atoms with Gasteiger partial charge in [0.05, 0.1) is 13.2 Å². The van der Waals surface area contributed by atoms with Gasteiger partial charge in [0.2, 0.25) is 0 Å². The summed E-state index contributed by atoms with van der Waals surface area (Å²) in [5.74, 6) is 1.65. The van der Waals surface area contributed by atoms with Gasteiger partial charge in [-0.2, -0.15) is 0 Å². The van der Waals surface area contributed by atoms with Crippen LogP contribution >= 0.6 is 11.6 Å². The number of nitrogens with one attached hydrogen (secondary N) is 1. The molecule has 0 heterocycles. The minimum Gasteiger partial charge on any atom is -0.490 e. The number of rotatable bonds is 6. The molecule has 0 saturated carbocycles. The van der Waals surface area contributed by atoms with Crippen molar-refractivity contribution in [2.24, 2.45) is 0 Å². The molecule has 118 valence electrons. The predicted molar refractivity (Wildman–Crippen MR) is 87.8 cm³/mol. The number of hydrogen-bond donors (Lipinski definition) is 1. The van der Waals surface area contributed by atoms with E-state index >= 15 is 0 Å². The fraction of sp³-hybridized carbons (Fsp3) is 0.647. The quantitative estimate of drug-likeness (QED) is 0.784. The first-order valence-corrected chi connectivity index (χ1v) is 8.44. The van der Waals surface area contributed by atoms with E-state index in [4.69, 9.17) is 21.1 Å². The van der Waals surface area contributed by atoms with Gasteiger partial charge in [-0.25, -0.2) is 0 Å². The highest BCUT2D eigenvalue weighted by molar-refractivity contribution is 6.31. The summed E-state index contributed by atoms with van der Waals surface area (Å²) < 4.78 is 11.7. The molecule has 0 aliphatic heterocycles. The summed E-state index contributed by atoms with van der Waals surface area (Å²) in [5, 5.41) is 4.39. The molecule has 0 spiro atoms. The number of halogens is 1. The van der Waals surface area contributed by atoms with E-state index in [1.54, 1.807) is 0 Å². The lowest BCUT2D eigenvalue weighted by atomic mass is 9.97. The third-order valence-electron chi connectivity index (χ3n) is 3.90. The third-order valence-corrected chi connectivity index (χ3v) is 4.23. The lowest BCUT2D eigenvalue weighted by Crippen LogP contribution is -2.22. The molecule has 3 nitrogen and oxygen atoms in total. The third kappa shape index (κ3) is 3.64. The maximum atomic E-state index is 6.53. The van der Waals surface area contributed by atoms with Crippen molar-refractivity contribution in [1.29, 1.82) is 0 Å². The van der Waals surface area contributed by atoms with Crippen LogP contribution in [0.25, 0.3) is 0 Å². The lowest BCUT2D eigenvalue weighted by molar-refractivity contribution is 0.282. The Hall–Kier alpha value is -0.930. The molecule has 1 aliphatic rings. The molecule has 4 heteroatoms. The second-order valence-electron chi connectivity index (χ2n) is 5.30. The second kappa shape index (κ2) is 7.90. The highest BCUT2D eigenvalue weighted by Crippen LogP contribution is 2.45. The van der Waals surface area contributed by atoms with Gasteiger partial charge < -0.3 is 14.8 Å². The molecule has 0 amide bonds. The zero-order chi connectivity index (χ0) is 15.2. The van der Waals surface area contributed by atoms with Crippen LogP contribution in [0.3, 0.4) is 0 Å². The van der Waals surface area contributed by atoms with E-state index in [1.807, 2.05) is 19.9 Å². The molecule has 1 N–H and O–H groups in total.